The third-order valence-corrected chi connectivity index (χ3v) is 5.93. The molecule has 1 aromatic carbocycles. The zero-order valence-corrected chi connectivity index (χ0v) is 16.9. The molecule has 0 amide bonds. The minimum atomic E-state index is -0.910. The van der Waals surface area contributed by atoms with E-state index in [0.29, 0.717) is 25.2 Å². The lowest BCUT2D eigenvalue weighted by Gasteiger charge is -2.34. The van der Waals surface area contributed by atoms with Crippen molar-refractivity contribution in [2.75, 3.05) is 0 Å². The Morgan fingerprint density at radius 2 is 1.92 bits per heavy atom. The number of hydrogen-bond acceptors (Lipinski definition) is 6. The average Bonchev–Trinajstić information content (AvgIpc) is 2.93. The van der Waals surface area contributed by atoms with Gasteiger partial charge in [-0.3, -0.25) is 4.79 Å². The highest BCUT2D eigenvalue weighted by Gasteiger charge is 2.46. The van der Waals surface area contributed by atoms with Crippen molar-refractivity contribution >= 4 is 18.6 Å². The van der Waals surface area contributed by atoms with Gasteiger partial charge in [-0.2, -0.15) is 12.6 Å². The highest BCUT2D eigenvalue weighted by Crippen LogP contribution is 2.39. The maximum absolute atomic E-state index is 12.1. The van der Waals surface area contributed by atoms with Crippen molar-refractivity contribution < 1.29 is 19.7 Å². The van der Waals surface area contributed by atoms with E-state index in [1.807, 2.05) is 13.8 Å². The van der Waals surface area contributed by atoms with Crippen molar-refractivity contribution in [3.8, 4) is 11.5 Å². The van der Waals surface area contributed by atoms with Gasteiger partial charge < -0.3 is 20.7 Å². The number of carbonyl (C=O) groups is 1. The fraction of sp³-hybridized carbons (Fsp3) is 0.650. The quantitative estimate of drug-likeness (QED) is 0.251. The van der Waals surface area contributed by atoms with Gasteiger partial charge in [0.1, 0.15) is 6.10 Å². The summed E-state index contributed by atoms with van der Waals surface area (Å²) >= 11 is 4.68. The summed E-state index contributed by atoms with van der Waals surface area (Å²) in [7, 11) is 0. The first-order valence-corrected chi connectivity index (χ1v) is 9.68. The highest BCUT2D eigenvalue weighted by atomic mass is 32.1. The first kappa shape index (κ1) is 20.9. The zero-order chi connectivity index (χ0) is 19.6. The van der Waals surface area contributed by atoms with Crippen LogP contribution in [-0.2, 0) is 16.0 Å². The van der Waals surface area contributed by atoms with Crippen LogP contribution in [0.3, 0.4) is 0 Å². The number of carbonyl (C=O) groups excluding carboxylic acids is 1. The van der Waals surface area contributed by atoms with E-state index in [1.54, 1.807) is 12.1 Å². The van der Waals surface area contributed by atoms with Crippen molar-refractivity contribution in [1.82, 2.24) is 0 Å². The second kappa shape index (κ2) is 8.09. The molecule has 0 bridgehead atoms. The van der Waals surface area contributed by atoms with Gasteiger partial charge in [0.05, 0.1) is 10.8 Å². The lowest BCUT2D eigenvalue weighted by Crippen LogP contribution is -2.48. The Balaban J connectivity index is 2.10. The van der Waals surface area contributed by atoms with E-state index in [4.69, 9.17) is 10.5 Å². The van der Waals surface area contributed by atoms with Crippen LogP contribution in [0, 0.1) is 23.7 Å². The molecule has 146 valence electrons. The minimum Gasteiger partial charge on any atom is -0.504 e. The molecule has 1 saturated heterocycles. The molecule has 0 aromatic heterocycles. The molecule has 26 heavy (non-hydrogen) atoms. The molecule has 0 aliphatic carbocycles. The number of esters is 1. The zero-order valence-electron chi connectivity index (χ0n) is 16.0. The number of phenolic OH excluding ortho intramolecular Hbond substituents is 2. The summed E-state index contributed by atoms with van der Waals surface area (Å²) in [6.07, 6.45) is 1.47. The van der Waals surface area contributed by atoms with Crippen LogP contribution in [0.15, 0.2) is 18.2 Å². The Labute approximate surface area is 161 Å². The van der Waals surface area contributed by atoms with Crippen molar-refractivity contribution in [3.63, 3.8) is 0 Å². The summed E-state index contributed by atoms with van der Waals surface area (Å²) in [5.41, 5.74) is 7.41. The van der Waals surface area contributed by atoms with Crippen molar-refractivity contribution in [1.29, 1.82) is 0 Å². The fourth-order valence-electron chi connectivity index (χ4n) is 3.55. The number of benzene rings is 1. The third kappa shape index (κ3) is 4.86. The highest BCUT2D eigenvalue weighted by molar-refractivity contribution is 7.81. The van der Waals surface area contributed by atoms with Gasteiger partial charge in [-0.1, -0.05) is 33.8 Å². The van der Waals surface area contributed by atoms with E-state index in [0.717, 1.165) is 5.56 Å². The van der Waals surface area contributed by atoms with Gasteiger partial charge in [0.2, 0.25) is 0 Å². The van der Waals surface area contributed by atoms with Crippen LogP contribution in [0.4, 0.5) is 0 Å². The molecule has 4 atom stereocenters. The summed E-state index contributed by atoms with van der Waals surface area (Å²) in [5.74, 6) is 0.184. The number of cyclic esters (lactones) is 1. The molecule has 0 unspecified atom stereocenters. The molecule has 1 fully saturated rings. The van der Waals surface area contributed by atoms with Crippen LogP contribution in [0.2, 0.25) is 0 Å². The molecular weight excluding hydrogens is 350 g/mol. The molecule has 5 nitrogen and oxygen atoms in total. The number of hydrogen-bond donors (Lipinski definition) is 4. The summed E-state index contributed by atoms with van der Waals surface area (Å²) in [6.45, 7) is 8.26. The maximum atomic E-state index is 12.1. The minimum absolute atomic E-state index is 0.123. The second-order valence-corrected chi connectivity index (χ2v) is 9.07. The van der Waals surface area contributed by atoms with E-state index in [-0.39, 0.29) is 35.2 Å². The molecular formula is C20H31NO4S. The molecule has 0 radical (unpaired) electrons. The van der Waals surface area contributed by atoms with Crippen LogP contribution in [0.5, 0.6) is 11.5 Å². The molecule has 6 heteroatoms. The Hall–Kier alpha value is -1.40. The smallest absolute Gasteiger partial charge is 0.309 e. The molecule has 4 N–H and O–H groups in total. The number of thiol groups is 1. The predicted molar refractivity (Wildman–Crippen MR) is 105 cm³/mol. The van der Waals surface area contributed by atoms with Crippen molar-refractivity contribution in [2.24, 2.45) is 29.4 Å². The first-order chi connectivity index (χ1) is 12.0. The Kier molecular flexibility index (Phi) is 6.51. The lowest BCUT2D eigenvalue weighted by molar-refractivity contribution is -0.146. The number of nitrogens with two attached hydrogens (primary N) is 1. The molecule has 1 heterocycles. The van der Waals surface area contributed by atoms with Crippen molar-refractivity contribution in [2.45, 2.75) is 57.9 Å². The maximum Gasteiger partial charge on any atom is 0.309 e. The van der Waals surface area contributed by atoms with Gasteiger partial charge in [0, 0.05) is 6.42 Å². The van der Waals surface area contributed by atoms with E-state index < -0.39 is 11.0 Å². The van der Waals surface area contributed by atoms with Crippen LogP contribution in [0.1, 0.15) is 46.1 Å². The second-order valence-electron chi connectivity index (χ2n) is 8.24. The normalized spacial score (nSPS) is 23.9. The molecule has 2 rings (SSSR count). The molecule has 1 aliphatic heterocycles. The SMILES string of the molecule is CC(C)[C@@H](Cc1ccc(O)c(O)c1)C[C@](N)(S)[C@@H]1C[C@@H](C(C)C)C(=O)O1. The van der Waals surface area contributed by atoms with Gasteiger partial charge in [0.25, 0.3) is 0 Å². The van der Waals surface area contributed by atoms with E-state index in [2.05, 4.69) is 26.5 Å². The van der Waals surface area contributed by atoms with Gasteiger partial charge in [0.15, 0.2) is 11.5 Å². The standard InChI is InChI=1S/C20H31NO4S/c1-11(2)14(7-13-5-6-16(22)17(23)8-13)10-20(21,26)18-9-15(12(3)4)19(24)25-18/h5-6,8,11-12,14-15,18,22-23,26H,7,9-10,21H2,1-4H3/t14-,15-,18-,20-/m0/s1. The van der Waals surface area contributed by atoms with Crippen molar-refractivity contribution in [3.05, 3.63) is 23.8 Å². The molecule has 1 aliphatic rings. The fourth-order valence-corrected chi connectivity index (χ4v) is 3.94. The molecule has 1 aromatic rings. The van der Waals surface area contributed by atoms with E-state index in [9.17, 15) is 15.0 Å². The number of rotatable bonds is 7. The predicted octanol–water partition coefficient (Wildman–Crippen LogP) is 3.48. The topological polar surface area (TPSA) is 92.8 Å². The largest absolute Gasteiger partial charge is 0.504 e. The lowest BCUT2D eigenvalue weighted by atomic mass is 9.81. The van der Waals surface area contributed by atoms with E-state index >= 15 is 0 Å². The number of phenols is 2. The first-order valence-electron chi connectivity index (χ1n) is 9.23. The number of ether oxygens (including phenoxy) is 1. The summed E-state index contributed by atoms with van der Waals surface area (Å²) in [6, 6.07) is 4.86. The van der Waals surface area contributed by atoms with Gasteiger partial charge >= 0.3 is 5.97 Å². The molecule has 0 spiro atoms. The Morgan fingerprint density at radius 1 is 1.27 bits per heavy atom. The number of aromatic hydroxyl groups is 2. The summed E-state index contributed by atoms with van der Waals surface area (Å²) in [5, 5.41) is 19.2. The summed E-state index contributed by atoms with van der Waals surface area (Å²) < 4.78 is 5.55. The Bertz CT molecular complexity index is 645. The van der Waals surface area contributed by atoms with Gasteiger partial charge in [-0.25, -0.2) is 0 Å². The summed E-state index contributed by atoms with van der Waals surface area (Å²) in [4.78, 5) is 11.2. The van der Waals surface area contributed by atoms with Gasteiger partial charge in [-0.15, -0.1) is 0 Å². The average molecular weight is 382 g/mol. The Morgan fingerprint density at radius 3 is 2.42 bits per heavy atom. The van der Waals surface area contributed by atoms with Crippen LogP contribution >= 0.6 is 12.6 Å². The van der Waals surface area contributed by atoms with E-state index in [1.165, 1.54) is 6.07 Å². The van der Waals surface area contributed by atoms with Crippen LogP contribution in [0.25, 0.3) is 0 Å². The van der Waals surface area contributed by atoms with Gasteiger partial charge in [-0.05, 0) is 48.3 Å². The van der Waals surface area contributed by atoms with Crippen LogP contribution in [-0.4, -0.2) is 27.2 Å². The van der Waals surface area contributed by atoms with Crippen LogP contribution < -0.4 is 5.73 Å². The monoisotopic (exact) mass is 381 g/mol. The third-order valence-electron chi connectivity index (χ3n) is 5.46. The molecule has 0 saturated carbocycles.